The second-order valence-corrected chi connectivity index (χ2v) is 4.74. The van der Waals surface area contributed by atoms with E-state index in [0.717, 1.165) is 13.1 Å². The third-order valence-electron chi connectivity index (χ3n) is 2.66. The van der Waals surface area contributed by atoms with Crippen LogP contribution in [0, 0.1) is 0 Å². The van der Waals surface area contributed by atoms with Crippen molar-refractivity contribution in [2.45, 2.75) is 33.0 Å². The predicted octanol–water partition coefficient (Wildman–Crippen LogP) is 2.82. The number of rotatable bonds is 5. The van der Waals surface area contributed by atoms with Gasteiger partial charge >= 0.3 is 0 Å². The standard InChI is InChI=1S/C12H17N3S/c1-3-15-11(6-7-14-15)9-13-10(2)12-5-4-8-16-12/h4-8,10,13H,3,9H2,1-2H3/t10-/m1/s1. The summed E-state index contributed by atoms with van der Waals surface area (Å²) >= 11 is 1.79. The summed E-state index contributed by atoms with van der Waals surface area (Å²) in [4.78, 5) is 1.38. The lowest BCUT2D eigenvalue weighted by molar-refractivity contribution is 0.536. The van der Waals surface area contributed by atoms with Gasteiger partial charge in [-0.05, 0) is 31.4 Å². The molecule has 3 nitrogen and oxygen atoms in total. The summed E-state index contributed by atoms with van der Waals surface area (Å²) in [6.07, 6.45) is 1.86. The van der Waals surface area contributed by atoms with Crippen molar-refractivity contribution in [3.63, 3.8) is 0 Å². The molecule has 0 aromatic carbocycles. The van der Waals surface area contributed by atoms with Gasteiger partial charge in [0, 0.05) is 30.2 Å². The number of hydrogen-bond acceptors (Lipinski definition) is 3. The van der Waals surface area contributed by atoms with Crippen LogP contribution in [0.3, 0.4) is 0 Å². The molecule has 0 aliphatic carbocycles. The first kappa shape index (κ1) is 11.4. The lowest BCUT2D eigenvalue weighted by Crippen LogP contribution is -2.19. The molecular formula is C12H17N3S. The Morgan fingerprint density at radius 1 is 1.50 bits per heavy atom. The van der Waals surface area contributed by atoms with Crippen molar-refractivity contribution in [3.8, 4) is 0 Å². The molecule has 86 valence electrons. The average Bonchev–Trinajstić information content (AvgIpc) is 2.96. The molecule has 0 saturated carbocycles. The van der Waals surface area contributed by atoms with Crippen LogP contribution in [0.5, 0.6) is 0 Å². The van der Waals surface area contributed by atoms with Gasteiger partial charge in [0.15, 0.2) is 0 Å². The van der Waals surface area contributed by atoms with Gasteiger partial charge in [-0.15, -0.1) is 11.3 Å². The Hall–Kier alpha value is -1.13. The van der Waals surface area contributed by atoms with Gasteiger partial charge in [-0.2, -0.15) is 5.10 Å². The number of aryl methyl sites for hydroxylation is 1. The molecule has 0 saturated heterocycles. The summed E-state index contributed by atoms with van der Waals surface area (Å²) in [5.74, 6) is 0. The van der Waals surface area contributed by atoms with Crippen LogP contribution in [0.25, 0.3) is 0 Å². The Labute approximate surface area is 100 Å². The maximum absolute atomic E-state index is 4.25. The van der Waals surface area contributed by atoms with Gasteiger partial charge in [0.2, 0.25) is 0 Å². The molecule has 1 N–H and O–H groups in total. The smallest absolute Gasteiger partial charge is 0.0522 e. The fraction of sp³-hybridized carbons (Fsp3) is 0.417. The number of hydrogen-bond donors (Lipinski definition) is 1. The molecular weight excluding hydrogens is 218 g/mol. The molecule has 0 bridgehead atoms. The fourth-order valence-electron chi connectivity index (χ4n) is 1.69. The molecule has 0 spiro atoms. The molecule has 0 aliphatic rings. The van der Waals surface area contributed by atoms with Crippen LogP contribution in [0.1, 0.15) is 30.5 Å². The van der Waals surface area contributed by atoms with Crippen molar-refractivity contribution < 1.29 is 0 Å². The highest BCUT2D eigenvalue weighted by Gasteiger charge is 2.07. The number of nitrogens with zero attached hydrogens (tertiary/aromatic N) is 2. The Bertz CT molecular complexity index is 419. The molecule has 0 fully saturated rings. The monoisotopic (exact) mass is 235 g/mol. The quantitative estimate of drug-likeness (QED) is 0.863. The third-order valence-corrected chi connectivity index (χ3v) is 3.72. The average molecular weight is 235 g/mol. The first-order chi connectivity index (χ1) is 7.81. The number of aromatic nitrogens is 2. The second kappa shape index (κ2) is 5.27. The summed E-state index contributed by atoms with van der Waals surface area (Å²) in [6.45, 7) is 6.10. The SMILES string of the molecule is CCn1nccc1CN[C@H](C)c1cccs1. The lowest BCUT2D eigenvalue weighted by Gasteiger charge is -2.12. The molecule has 16 heavy (non-hydrogen) atoms. The minimum atomic E-state index is 0.403. The lowest BCUT2D eigenvalue weighted by atomic mass is 10.2. The van der Waals surface area contributed by atoms with Gasteiger partial charge in [0.25, 0.3) is 0 Å². The summed E-state index contributed by atoms with van der Waals surface area (Å²) in [5.41, 5.74) is 1.24. The molecule has 2 aromatic heterocycles. The van der Waals surface area contributed by atoms with Gasteiger partial charge in [0.1, 0.15) is 0 Å². The Morgan fingerprint density at radius 2 is 2.38 bits per heavy atom. The van der Waals surface area contributed by atoms with E-state index >= 15 is 0 Å². The predicted molar refractivity (Wildman–Crippen MR) is 67.5 cm³/mol. The van der Waals surface area contributed by atoms with Crippen LogP contribution in [-0.4, -0.2) is 9.78 Å². The Balaban J connectivity index is 1.92. The fourth-order valence-corrected chi connectivity index (χ4v) is 2.45. The van der Waals surface area contributed by atoms with Crippen molar-refractivity contribution in [2.75, 3.05) is 0 Å². The maximum atomic E-state index is 4.25. The van der Waals surface area contributed by atoms with Gasteiger partial charge in [-0.3, -0.25) is 4.68 Å². The number of thiophene rings is 1. The van der Waals surface area contributed by atoms with Crippen LogP contribution >= 0.6 is 11.3 Å². The van der Waals surface area contributed by atoms with E-state index in [-0.39, 0.29) is 0 Å². The van der Waals surface area contributed by atoms with Crippen molar-refractivity contribution in [1.82, 2.24) is 15.1 Å². The molecule has 2 heterocycles. The van der Waals surface area contributed by atoms with Crippen LogP contribution in [0.2, 0.25) is 0 Å². The first-order valence-electron chi connectivity index (χ1n) is 5.58. The highest BCUT2D eigenvalue weighted by molar-refractivity contribution is 7.10. The third kappa shape index (κ3) is 2.51. The largest absolute Gasteiger partial charge is 0.304 e. The molecule has 0 amide bonds. The first-order valence-corrected chi connectivity index (χ1v) is 6.46. The van der Waals surface area contributed by atoms with E-state index in [4.69, 9.17) is 0 Å². The van der Waals surface area contributed by atoms with Crippen LogP contribution in [0.15, 0.2) is 29.8 Å². The maximum Gasteiger partial charge on any atom is 0.0522 e. The molecule has 0 unspecified atom stereocenters. The van der Waals surface area contributed by atoms with E-state index < -0.39 is 0 Å². The molecule has 4 heteroatoms. The van der Waals surface area contributed by atoms with E-state index in [2.05, 4.69) is 47.8 Å². The van der Waals surface area contributed by atoms with Crippen molar-refractivity contribution in [3.05, 3.63) is 40.3 Å². The molecule has 0 radical (unpaired) electrons. The van der Waals surface area contributed by atoms with Gasteiger partial charge in [0.05, 0.1) is 5.69 Å². The minimum absolute atomic E-state index is 0.403. The van der Waals surface area contributed by atoms with Crippen LogP contribution in [-0.2, 0) is 13.1 Å². The van der Waals surface area contributed by atoms with E-state index in [1.807, 2.05) is 10.9 Å². The zero-order valence-electron chi connectivity index (χ0n) is 9.68. The van der Waals surface area contributed by atoms with Crippen molar-refractivity contribution in [1.29, 1.82) is 0 Å². The zero-order valence-corrected chi connectivity index (χ0v) is 10.5. The highest BCUT2D eigenvalue weighted by atomic mass is 32.1. The molecule has 0 aliphatic heterocycles. The van der Waals surface area contributed by atoms with Gasteiger partial charge in [-0.1, -0.05) is 6.07 Å². The second-order valence-electron chi connectivity index (χ2n) is 3.76. The minimum Gasteiger partial charge on any atom is -0.304 e. The van der Waals surface area contributed by atoms with Gasteiger partial charge in [-0.25, -0.2) is 0 Å². The summed E-state index contributed by atoms with van der Waals surface area (Å²) in [5, 5.41) is 9.88. The normalized spacial score (nSPS) is 12.9. The van der Waals surface area contributed by atoms with Crippen molar-refractivity contribution in [2.24, 2.45) is 0 Å². The zero-order chi connectivity index (χ0) is 11.4. The van der Waals surface area contributed by atoms with E-state index in [9.17, 15) is 0 Å². The van der Waals surface area contributed by atoms with Gasteiger partial charge < -0.3 is 5.32 Å². The molecule has 1 atom stereocenters. The topological polar surface area (TPSA) is 29.9 Å². The van der Waals surface area contributed by atoms with Crippen LogP contribution < -0.4 is 5.32 Å². The van der Waals surface area contributed by atoms with Crippen molar-refractivity contribution >= 4 is 11.3 Å². The summed E-state index contributed by atoms with van der Waals surface area (Å²) in [7, 11) is 0. The molecule has 2 aromatic rings. The number of nitrogens with one attached hydrogen (secondary N) is 1. The summed E-state index contributed by atoms with van der Waals surface area (Å²) in [6, 6.07) is 6.73. The van der Waals surface area contributed by atoms with E-state index in [0.29, 0.717) is 6.04 Å². The Morgan fingerprint density at radius 3 is 3.06 bits per heavy atom. The van der Waals surface area contributed by atoms with E-state index in [1.54, 1.807) is 11.3 Å². The van der Waals surface area contributed by atoms with Crippen LogP contribution in [0.4, 0.5) is 0 Å². The van der Waals surface area contributed by atoms with E-state index in [1.165, 1.54) is 10.6 Å². The highest BCUT2D eigenvalue weighted by Crippen LogP contribution is 2.18. The molecule has 2 rings (SSSR count). The Kier molecular flexibility index (Phi) is 3.74. The summed E-state index contributed by atoms with van der Waals surface area (Å²) < 4.78 is 2.02.